The average Bonchev–Trinajstić information content (AvgIpc) is 3.23. The molecule has 51 heavy (non-hydrogen) atoms. The second kappa shape index (κ2) is 13.8. The Morgan fingerprint density at radius 2 is 1.69 bits per heavy atom. The third-order valence-electron chi connectivity index (χ3n) is 9.24. The van der Waals surface area contributed by atoms with Gasteiger partial charge in [-0.3, -0.25) is 4.90 Å². The highest BCUT2D eigenvalue weighted by Gasteiger charge is 2.44. The van der Waals surface area contributed by atoms with Crippen LogP contribution in [-0.2, 0) is 26.6 Å². The maximum atomic E-state index is 15.3. The molecular weight excluding hydrogens is 692 g/mol. The molecule has 0 radical (unpaired) electrons. The van der Waals surface area contributed by atoms with Crippen LogP contribution in [0, 0.1) is 5.41 Å². The van der Waals surface area contributed by atoms with Crippen LogP contribution in [0.15, 0.2) is 65.7 Å². The summed E-state index contributed by atoms with van der Waals surface area (Å²) in [6.07, 6.45) is -8.82. The van der Waals surface area contributed by atoms with Gasteiger partial charge in [-0.25, -0.2) is 23.4 Å². The van der Waals surface area contributed by atoms with Gasteiger partial charge in [0, 0.05) is 29.4 Å². The van der Waals surface area contributed by atoms with Crippen LogP contribution in [0.3, 0.4) is 0 Å². The lowest BCUT2D eigenvalue weighted by atomic mass is 9.72. The normalized spacial score (nSPS) is 22.5. The number of hydrogen-bond acceptors (Lipinski definition) is 6. The van der Waals surface area contributed by atoms with Crippen molar-refractivity contribution < 1.29 is 58.9 Å². The Hall–Kier alpha value is -4.69. The number of hydrogen-bond donors (Lipinski definition) is 0. The number of aromatic nitrogens is 1. The highest BCUT2D eigenvalue weighted by atomic mass is 19.4. The van der Waals surface area contributed by atoms with Crippen molar-refractivity contribution in [2.45, 2.75) is 70.7 Å². The Kier molecular flexibility index (Phi) is 10.2. The number of cyclic esters (lactones) is 1. The minimum Gasteiger partial charge on any atom is -0.481 e. The fraction of sp³-hybridized carbons (Fsp3) is 0.417. The van der Waals surface area contributed by atoms with Gasteiger partial charge in [-0.1, -0.05) is 19.9 Å². The first-order valence-electron chi connectivity index (χ1n) is 15.8. The number of esters is 1. The van der Waals surface area contributed by atoms with Gasteiger partial charge >= 0.3 is 24.4 Å². The number of amides is 1. The molecule has 3 aliphatic rings. The highest BCUT2D eigenvalue weighted by molar-refractivity contribution is 5.92. The number of ether oxygens (including phenoxy) is 3. The van der Waals surface area contributed by atoms with Gasteiger partial charge in [-0.2, -0.15) is 26.3 Å². The van der Waals surface area contributed by atoms with E-state index in [1.165, 1.54) is 31.2 Å². The largest absolute Gasteiger partial charge is 0.481 e. The number of nitrogens with zero attached hydrogens (tertiary/aromatic N) is 2. The van der Waals surface area contributed by atoms with E-state index in [4.69, 9.17) is 9.47 Å². The van der Waals surface area contributed by atoms with E-state index in [1.807, 2.05) is 13.8 Å². The second-order valence-corrected chi connectivity index (χ2v) is 13.3. The molecule has 3 unspecified atom stereocenters. The van der Waals surface area contributed by atoms with Gasteiger partial charge in [-0.05, 0) is 84.7 Å². The molecule has 0 saturated carbocycles. The van der Waals surface area contributed by atoms with E-state index in [2.05, 4.69) is 9.72 Å². The van der Waals surface area contributed by atoms with Crippen molar-refractivity contribution in [3.05, 3.63) is 93.5 Å². The number of rotatable bonds is 7. The minimum absolute atomic E-state index is 0.0104. The van der Waals surface area contributed by atoms with Crippen LogP contribution in [0.1, 0.15) is 74.0 Å². The van der Waals surface area contributed by atoms with Gasteiger partial charge in [0.15, 0.2) is 6.17 Å². The summed E-state index contributed by atoms with van der Waals surface area (Å²) in [6, 6.07) is 1.71. The SMILES string of the molecule is COC(=O)C1=CC=C(c2cnc(OC)c(C3=C(CN4C(=O)OC(c5cc(C(F)(F)F)cc(C(F)(F)F)c5)C4C)CC(C)(C)CC3)c2)C(F)=CC1F. The second-order valence-electron chi connectivity index (χ2n) is 13.3. The third kappa shape index (κ3) is 7.81. The topological polar surface area (TPSA) is 78.0 Å². The molecule has 1 fully saturated rings. The molecule has 0 bridgehead atoms. The summed E-state index contributed by atoms with van der Waals surface area (Å²) in [5, 5.41) is 0. The fourth-order valence-electron chi connectivity index (χ4n) is 6.56. The van der Waals surface area contributed by atoms with E-state index in [9.17, 15) is 40.3 Å². The number of alkyl halides is 7. The van der Waals surface area contributed by atoms with Crippen molar-refractivity contribution in [1.82, 2.24) is 9.88 Å². The van der Waals surface area contributed by atoms with E-state index >= 15 is 4.39 Å². The van der Waals surface area contributed by atoms with Gasteiger partial charge in [0.25, 0.3) is 0 Å². The van der Waals surface area contributed by atoms with Crippen molar-refractivity contribution in [3.8, 4) is 5.88 Å². The number of allylic oxidation sites excluding steroid dienone is 6. The zero-order valence-electron chi connectivity index (χ0n) is 28.1. The number of pyridine rings is 1. The quantitative estimate of drug-likeness (QED) is 0.209. The Bertz CT molecular complexity index is 1830. The predicted octanol–water partition coefficient (Wildman–Crippen LogP) is 9.36. The first-order chi connectivity index (χ1) is 23.7. The third-order valence-corrected chi connectivity index (χ3v) is 9.24. The summed E-state index contributed by atoms with van der Waals surface area (Å²) in [7, 11) is 2.44. The van der Waals surface area contributed by atoms with Gasteiger partial charge in [0.05, 0.1) is 37.0 Å². The van der Waals surface area contributed by atoms with Crippen LogP contribution in [0.4, 0.5) is 39.9 Å². The van der Waals surface area contributed by atoms with Crippen LogP contribution >= 0.6 is 0 Å². The van der Waals surface area contributed by atoms with E-state index < -0.39 is 70.8 Å². The van der Waals surface area contributed by atoms with Crippen LogP contribution in [0.5, 0.6) is 5.88 Å². The predicted molar refractivity (Wildman–Crippen MR) is 169 cm³/mol. The van der Waals surface area contributed by atoms with Gasteiger partial charge in [-0.15, -0.1) is 0 Å². The van der Waals surface area contributed by atoms with E-state index in [0.29, 0.717) is 54.2 Å². The summed E-state index contributed by atoms with van der Waals surface area (Å²) in [4.78, 5) is 30.9. The molecule has 2 aliphatic carbocycles. The first-order valence-corrected chi connectivity index (χ1v) is 15.8. The van der Waals surface area contributed by atoms with Crippen molar-refractivity contribution in [2.75, 3.05) is 20.8 Å². The Balaban J connectivity index is 1.56. The molecule has 1 amide bonds. The monoisotopic (exact) mass is 726 g/mol. The molecule has 1 aliphatic heterocycles. The fourth-order valence-corrected chi connectivity index (χ4v) is 6.56. The molecule has 1 aromatic carbocycles. The molecule has 5 rings (SSSR count). The van der Waals surface area contributed by atoms with Gasteiger partial charge in [0.2, 0.25) is 5.88 Å². The van der Waals surface area contributed by atoms with E-state index in [-0.39, 0.29) is 35.0 Å². The summed E-state index contributed by atoms with van der Waals surface area (Å²) in [5.41, 5.74) is -2.27. The molecule has 7 nitrogen and oxygen atoms in total. The van der Waals surface area contributed by atoms with Gasteiger partial charge < -0.3 is 14.2 Å². The zero-order chi connectivity index (χ0) is 37.6. The molecule has 1 saturated heterocycles. The van der Waals surface area contributed by atoms with Gasteiger partial charge in [0.1, 0.15) is 11.9 Å². The molecule has 2 heterocycles. The lowest BCUT2D eigenvalue weighted by Crippen LogP contribution is -2.35. The van der Waals surface area contributed by atoms with Crippen molar-refractivity contribution in [3.63, 3.8) is 0 Å². The maximum absolute atomic E-state index is 15.3. The van der Waals surface area contributed by atoms with E-state index in [1.54, 1.807) is 6.07 Å². The molecule has 0 N–H and O–H groups in total. The molecule has 1 aromatic heterocycles. The number of benzene rings is 1. The number of carbonyl (C=O) groups is 2. The Morgan fingerprint density at radius 3 is 2.27 bits per heavy atom. The van der Waals surface area contributed by atoms with E-state index in [0.717, 1.165) is 13.2 Å². The number of carbonyl (C=O) groups excluding carboxylic acids is 2. The molecule has 0 spiro atoms. The summed E-state index contributed by atoms with van der Waals surface area (Å²) in [6.45, 7) is 5.38. The summed E-state index contributed by atoms with van der Waals surface area (Å²) >= 11 is 0. The smallest absolute Gasteiger partial charge is 0.416 e. The number of methoxy groups -OCH3 is 2. The zero-order valence-corrected chi connectivity index (χ0v) is 28.1. The van der Waals surface area contributed by atoms with Crippen LogP contribution < -0.4 is 4.74 Å². The van der Waals surface area contributed by atoms with Crippen LogP contribution in [0.25, 0.3) is 11.1 Å². The standard InChI is InChI=1S/C36H34F8N2O5/c1-18-30(19-10-22(35(39,40)41)13-23(11-19)36(42,43)44)51-33(48)46(18)17-21-15-34(2,3)9-8-24(21)27-12-20(16-45-31(27)49-4)25-6-7-26(32(47)50-5)29(38)14-28(25)37/h6-7,10-14,16,18,29-30H,8-9,15,17H2,1-5H3. The highest BCUT2D eigenvalue weighted by Crippen LogP contribution is 2.47. The first kappa shape index (κ1) is 37.6. The van der Waals surface area contributed by atoms with Crippen molar-refractivity contribution in [2.24, 2.45) is 5.41 Å². The minimum atomic E-state index is -5.09. The molecule has 274 valence electrons. The average molecular weight is 727 g/mol. The lowest BCUT2D eigenvalue weighted by Gasteiger charge is -2.35. The Labute approximate surface area is 288 Å². The number of halogens is 8. The van der Waals surface area contributed by atoms with Crippen molar-refractivity contribution >= 4 is 23.2 Å². The van der Waals surface area contributed by atoms with Crippen molar-refractivity contribution in [1.29, 1.82) is 0 Å². The van der Waals surface area contributed by atoms with Crippen LogP contribution in [-0.4, -0.2) is 54.9 Å². The molecule has 2 aromatic rings. The maximum Gasteiger partial charge on any atom is 0.416 e. The van der Waals surface area contributed by atoms with Crippen LogP contribution in [0.2, 0.25) is 0 Å². The summed E-state index contributed by atoms with van der Waals surface area (Å²) < 4.78 is 127. The molecule has 3 atom stereocenters. The summed E-state index contributed by atoms with van der Waals surface area (Å²) in [5.74, 6) is -1.78. The Morgan fingerprint density at radius 1 is 1.04 bits per heavy atom. The molecule has 15 heteroatoms. The molecular formula is C36H34F8N2O5. The lowest BCUT2D eigenvalue weighted by molar-refractivity contribution is -0.143.